The Hall–Kier alpha value is -1.38. The van der Waals surface area contributed by atoms with E-state index in [0.29, 0.717) is 5.82 Å². The molecule has 0 bridgehead atoms. The summed E-state index contributed by atoms with van der Waals surface area (Å²) >= 11 is 0. The lowest BCUT2D eigenvalue weighted by Crippen LogP contribution is -1.67. The molecule has 3 heteroatoms. The summed E-state index contributed by atoms with van der Waals surface area (Å²) in [4.78, 5) is 10.3. The fraction of sp³-hybridized carbons (Fsp3) is 0. The Bertz CT molecular complexity index is 201. The number of nitrogens with zero attached hydrogens (tertiary/aromatic N) is 2. The Labute approximate surface area is 53.2 Å². The Balaban J connectivity index is 3.12. The molecule has 0 aliphatic rings. The molecule has 1 N–H and O–H groups in total. The lowest BCUT2D eigenvalue weighted by Gasteiger charge is -1.83. The highest BCUT2D eigenvalue weighted by Gasteiger charge is 1.94. The molecule has 3 nitrogen and oxygen atoms in total. The molecule has 0 fully saturated rings. The summed E-state index contributed by atoms with van der Waals surface area (Å²) in [6.07, 6.45) is 3.21. The number of rotatable bonds is 2. The van der Waals surface area contributed by atoms with E-state index in [9.17, 15) is 0 Å². The van der Waals surface area contributed by atoms with Crippen LogP contribution in [0, 0.1) is 0 Å². The van der Waals surface area contributed by atoms with Crippen molar-refractivity contribution >= 4 is 18.6 Å². The van der Waals surface area contributed by atoms with Crippen LogP contribution in [0.15, 0.2) is 17.9 Å². The molecule has 0 unspecified atom stereocenters. The van der Waals surface area contributed by atoms with E-state index in [1.165, 1.54) is 0 Å². The maximum Gasteiger partial charge on any atom is 0.176 e. The van der Waals surface area contributed by atoms with E-state index in [2.05, 4.69) is 28.3 Å². The minimum Gasteiger partial charge on any atom is -0.343 e. The molecule has 0 radical (unpaired) electrons. The molecule has 46 valence electrons. The van der Waals surface area contributed by atoms with Gasteiger partial charge in [0.15, 0.2) is 5.82 Å². The van der Waals surface area contributed by atoms with Crippen LogP contribution >= 0.6 is 0 Å². The van der Waals surface area contributed by atoms with Gasteiger partial charge in [-0.2, -0.15) is 0 Å². The van der Waals surface area contributed by atoms with Crippen LogP contribution in [0.3, 0.4) is 0 Å². The second-order valence-corrected chi connectivity index (χ2v) is 1.50. The van der Waals surface area contributed by atoms with Crippen molar-refractivity contribution < 1.29 is 0 Å². The van der Waals surface area contributed by atoms with Gasteiger partial charge < -0.3 is 4.98 Å². The average Bonchev–Trinajstić information content (AvgIpc) is 2.33. The van der Waals surface area contributed by atoms with E-state index in [1.807, 2.05) is 0 Å². The number of imidazole rings is 1. The van der Waals surface area contributed by atoms with Crippen molar-refractivity contribution in [3.8, 4) is 0 Å². The first-order valence-corrected chi connectivity index (χ1v) is 2.51. The number of hydrogen-bond acceptors (Lipinski definition) is 2. The average molecular weight is 121 g/mol. The minimum atomic E-state index is 0.602. The van der Waals surface area contributed by atoms with Gasteiger partial charge in [0.05, 0.1) is 12.0 Å². The van der Waals surface area contributed by atoms with Gasteiger partial charge in [0.2, 0.25) is 0 Å². The first-order valence-electron chi connectivity index (χ1n) is 2.51. The van der Waals surface area contributed by atoms with Gasteiger partial charge in [-0.15, -0.1) is 0 Å². The lowest BCUT2D eigenvalue weighted by atomic mass is 10.4. The third-order valence-electron chi connectivity index (χ3n) is 1.00. The number of aromatic amines is 1. The van der Waals surface area contributed by atoms with Crippen molar-refractivity contribution in [3.05, 3.63) is 18.6 Å². The quantitative estimate of drug-likeness (QED) is 0.590. The van der Waals surface area contributed by atoms with Gasteiger partial charge in [-0.1, -0.05) is 6.58 Å². The first kappa shape index (κ1) is 5.75. The number of H-pyrrole nitrogens is 1. The third kappa shape index (κ3) is 0.887. The SMILES string of the molecule is C=Cc1[nH]cnc1N=C. The summed E-state index contributed by atoms with van der Waals surface area (Å²) in [5.74, 6) is 0.602. The van der Waals surface area contributed by atoms with Crippen molar-refractivity contribution in [3.63, 3.8) is 0 Å². The summed E-state index contributed by atoms with van der Waals surface area (Å²) < 4.78 is 0. The molecule has 0 amide bonds. The number of aromatic nitrogens is 2. The fourth-order valence-electron chi connectivity index (χ4n) is 0.573. The van der Waals surface area contributed by atoms with E-state index in [-0.39, 0.29) is 0 Å². The van der Waals surface area contributed by atoms with Crippen molar-refractivity contribution in [2.75, 3.05) is 0 Å². The van der Waals surface area contributed by atoms with Crippen LogP contribution in [0.4, 0.5) is 5.82 Å². The summed E-state index contributed by atoms with van der Waals surface area (Å²) in [7, 11) is 0. The number of nitrogens with one attached hydrogen (secondary N) is 1. The predicted octanol–water partition coefficient (Wildman–Crippen LogP) is 1.38. The summed E-state index contributed by atoms with van der Waals surface area (Å²) in [5, 5.41) is 0. The zero-order chi connectivity index (χ0) is 6.69. The molecule has 0 saturated heterocycles. The van der Waals surface area contributed by atoms with Gasteiger partial charge in [0.1, 0.15) is 0 Å². The van der Waals surface area contributed by atoms with Gasteiger partial charge in [-0.05, 0) is 12.8 Å². The van der Waals surface area contributed by atoms with Crippen molar-refractivity contribution in [2.45, 2.75) is 0 Å². The zero-order valence-corrected chi connectivity index (χ0v) is 4.96. The summed E-state index contributed by atoms with van der Waals surface area (Å²) in [5.41, 5.74) is 0.810. The Kier molecular flexibility index (Phi) is 1.44. The molecule has 1 aromatic rings. The molecule has 0 aliphatic heterocycles. The van der Waals surface area contributed by atoms with E-state index in [0.717, 1.165) is 5.69 Å². The monoisotopic (exact) mass is 121 g/mol. The molecule has 9 heavy (non-hydrogen) atoms. The maximum atomic E-state index is 3.85. The summed E-state index contributed by atoms with van der Waals surface area (Å²) in [6.45, 7) is 6.88. The highest BCUT2D eigenvalue weighted by molar-refractivity contribution is 5.57. The maximum absolute atomic E-state index is 3.85. The van der Waals surface area contributed by atoms with Crippen LogP contribution < -0.4 is 0 Å². The Morgan fingerprint density at radius 3 is 3.00 bits per heavy atom. The van der Waals surface area contributed by atoms with Gasteiger partial charge in [0, 0.05) is 0 Å². The van der Waals surface area contributed by atoms with Crippen molar-refractivity contribution in [1.29, 1.82) is 0 Å². The lowest BCUT2D eigenvalue weighted by molar-refractivity contribution is 1.30. The third-order valence-corrected chi connectivity index (χ3v) is 1.00. The highest BCUT2D eigenvalue weighted by atomic mass is 15.0. The van der Waals surface area contributed by atoms with Gasteiger partial charge >= 0.3 is 0 Å². The van der Waals surface area contributed by atoms with Crippen LogP contribution in [0.2, 0.25) is 0 Å². The van der Waals surface area contributed by atoms with Gasteiger partial charge in [0.25, 0.3) is 0 Å². The molecular formula is C6H7N3. The summed E-state index contributed by atoms with van der Waals surface area (Å²) in [6, 6.07) is 0. The Morgan fingerprint density at radius 1 is 1.78 bits per heavy atom. The van der Waals surface area contributed by atoms with Gasteiger partial charge in [-0.3, -0.25) is 0 Å². The molecule has 1 aromatic heterocycles. The molecule has 0 saturated carbocycles. The van der Waals surface area contributed by atoms with Crippen LogP contribution in [0.25, 0.3) is 6.08 Å². The molecule has 0 aliphatic carbocycles. The van der Waals surface area contributed by atoms with E-state index >= 15 is 0 Å². The van der Waals surface area contributed by atoms with E-state index in [1.54, 1.807) is 12.4 Å². The van der Waals surface area contributed by atoms with Gasteiger partial charge in [-0.25, -0.2) is 9.98 Å². The number of aliphatic imine (C=N–C) groups is 1. The fourth-order valence-corrected chi connectivity index (χ4v) is 0.573. The van der Waals surface area contributed by atoms with Crippen LogP contribution in [-0.2, 0) is 0 Å². The first-order chi connectivity index (χ1) is 4.38. The van der Waals surface area contributed by atoms with Crippen LogP contribution in [-0.4, -0.2) is 16.7 Å². The van der Waals surface area contributed by atoms with Crippen LogP contribution in [0.1, 0.15) is 5.69 Å². The van der Waals surface area contributed by atoms with Crippen molar-refractivity contribution in [1.82, 2.24) is 9.97 Å². The van der Waals surface area contributed by atoms with E-state index < -0.39 is 0 Å². The Morgan fingerprint density at radius 2 is 2.56 bits per heavy atom. The standard InChI is InChI=1S/C6H7N3/c1-3-5-6(7-2)9-4-8-5/h3-4H,1-2H2,(H,8,9). The molecule has 0 atom stereocenters. The smallest absolute Gasteiger partial charge is 0.176 e. The highest BCUT2D eigenvalue weighted by Crippen LogP contribution is 2.12. The van der Waals surface area contributed by atoms with Crippen LogP contribution in [0.5, 0.6) is 0 Å². The van der Waals surface area contributed by atoms with E-state index in [4.69, 9.17) is 0 Å². The second kappa shape index (κ2) is 2.26. The largest absolute Gasteiger partial charge is 0.343 e. The topological polar surface area (TPSA) is 41.0 Å². The van der Waals surface area contributed by atoms with Crippen molar-refractivity contribution in [2.24, 2.45) is 4.99 Å². The second-order valence-electron chi connectivity index (χ2n) is 1.50. The molecule has 1 rings (SSSR count). The molecular weight excluding hydrogens is 114 g/mol. The zero-order valence-electron chi connectivity index (χ0n) is 4.96. The molecule has 0 aromatic carbocycles. The molecule has 1 heterocycles. The minimum absolute atomic E-state index is 0.602. The number of hydrogen-bond donors (Lipinski definition) is 1. The normalized spacial score (nSPS) is 8.89. The predicted molar refractivity (Wildman–Crippen MR) is 37.9 cm³/mol. The molecule has 0 spiro atoms.